The van der Waals surface area contributed by atoms with Gasteiger partial charge in [0.15, 0.2) is 6.23 Å². The minimum atomic E-state index is -5.05. The predicted octanol–water partition coefficient (Wildman–Crippen LogP) is 3.00. The molecule has 0 saturated carbocycles. The Morgan fingerprint density at radius 1 is 1.24 bits per heavy atom. The monoisotopic (exact) mass is 365 g/mol. The molecule has 1 N–H and O–H groups in total. The number of carbonyl (C=O) groups is 1. The molecule has 1 heterocycles. The molecule has 1 saturated heterocycles. The first-order valence-electron chi connectivity index (χ1n) is 6.72. The Morgan fingerprint density at radius 3 is 2.16 bits per heavy atom. The molecule has 1 amide bonds. The van der Waals surface area contributed by atoms with Gasteiger partial charge in [0.2, 0.25) is 0 Å². The van der Waals surface area contributed by atoms with Gasteiger partial charge in [0.1, 0.15) is 0 Å². The molecule has 1 aromatic rings. The summed E-state index contributed by atoms with van der Waals surface area (Å²) in [6.07, 6.45) is -7.32. The van der Waals surface area contributed by atoms with Gasteiger partial charge in [0.25, 0.3) is 5.75 Å². The molecule has 1 fully saturated rings. The fourth-order valence-electron chi connectivity index (χ4n) is 2.37. The third kappa shape index (κ3) is 3.70. The first-order chi connectivity index (χ1) is 11.5. The van der Waals surface area contributed by atoms with Crippen LogP contribution in [0.2, 0.25) is 0 Å². The molecule has 136 valence electrons. The summed E-state index contributed by atoms with van der Waals surface area (Å²) in [4.78, 5) is 31.4. The van der Waals surface area contributed by atoms with E-state index in [4.69, 9.17) is 9.84 Å². The molecule has 2 rings (SSSR count). The summed E-state index contributed by atoms with van der Waals surface area (Å²) in [5.41, 5.74) is -4.11. The summed E-state index contributed by atoms with van der Waals surface area (Å²) in [7, 11) is 0. The number of rotatable bonds is 4. The topological polar surface area (TPSA) is 136 Å². The molecule has 13 heteroatoms. The lowest BCUT2D eigenvalue weighted by Crippen LogP contribution is -2.38. The van der Waals surface area contributed by atoms with Gasteiger partial charge in [-0.25, -0.2) is 4.79 Å². The summed E-state index contributed by atoms with van der Waals surface area (Å²) in [5, 5.41) is 31.1. The molecule has 0 spiro atoms. The van der Waals surface area contributed by atoms with E-state index in [1.165, 1.54) is 0 Å². The molecule has 0 aliphatic carbocycles. The molecule has 1 aliphatic rings. The minimum absolute atomic E-state index is 0.0300. The number of amides is 1. The Bertz CT molecular complexity index is 702. The zero-order valence-electron chi connectivity index (χ0n) is 12.2. The van der Waals surface area contributed by atoms with Gasteiger partial charge in [-0.1, -0.05) is 0 Å². The summed E-state index contributed by atoms with van der Waals surface area (Å²) in [6, 6.07) is 0.227. The van der Waals surface area contributed by atoms with Crippen LogP contribution in [-0.4, -0.2) is 38.7 Å². The van der Waals surface area contributed by atoms with Crippen LogP contribution in [0, 0.1) is 20.2 Å². The van der Waals surface area contributed by atoms with Crippen LogP contribution in [0.4, 0.5) is 29.3 Å². The molecular weight excluding hydrogens is 355 g/mol. The van der Waals surface area contributed by atoms with Gasteiger partial charge in [-0.2, -0.15) is 13.2 Å². The number of benzene rings is 1. The Labute approximate surface area is 136 Å². The fraction of sp³-hybridized carbons (Fsp3) is 0.417. The maximum atomic E-state index is 12.8. The van der Waals surface area contributed by atoms with Crippen molar-refractivity contribution in [1.82, 2.24) is 4.90 Å². The molecule has 1 aliphatic heterocycles. The summed E-state index contributed by atoms with van der Waals surface area (Å²) in [6.45, 7) is 0.0300. The van der Waals surface area contributed by atoms with E-state index in [-0.39, 0.29) is 25.1 Å². The van der Waals surface area contributed by atoms with Crippen molar-refractivity contribution in [1.29, 1.82) is 0 Å². The number of nitrogens with zero attached hydrogens (tertiary/aromatic N) is 3. The van der Waals surface area contributed by atoms with Crippen LogP contribution in [0.15, 0.2) is 12.1 Å². The number of hydrogen-bond acceptors (Lipinski definition) is 6. The number of carboxylic acid groups (broad SMARTS) is 1. The van der Waals surface area contributed by atoms with Crippen LogP contribution < -0.4 is 4.74 Å². The van der Waals surface area contributed by atoms with Gasteiger partial charge in [0, 0.05) is 25.1 Å². The van der Waals surface area contributed by atoms with Crippen molar-refractivity contribution in [2.75, 3.05) is 6.54 Å². The average Bonchev–Trinajstić information content (AvgIpc) is 2.94. The van der Waals surface area contributed by atoms with Gasteiger partial charge in [-0.3, -0.25) is 25.1 Å². The fourth-order valence-corrected chi connectivity index (χ4v) is 2.37. The molecule has 10 nitrogen and oxygen atoms in total. The van der Waals surface area contributed by atoms with Crippen LogP contribution in [0.3, 0.4) is 0 Å². The highest BCUT2D eigenvalue weighted by molar-refractivity contribution is 5.66. The number of nitro benzene ring substituents is 2. The normalized spacial score (nSPS) is 17.4. The van der Waals surface area contributed by atoms with Crippen LogP contribution in [-0.2, 0) is 6.18 Å². The number of ether oxygens (including phenoxy) is 1. The van der Waals surface area contributed by atoms with E-state index in [9.17, 15) is 38.2 Å². The molecular formula is C12H10F3N3O7. The zero-order valence-corrected chi connectivity index (χ0v) is 12.2. The van der Waals surface area contributed by atoms with Gasteiger partial charge in [-0.15, -0.1) is 0 Å². The molecule has 0 aromatic heterocycles. The lowest BCUT2D eigenvalue weighted by atomic mass is 10.1. The van der Waals surface area contributed by atoms with Gasteiger partial charge < -0.3 is 9.84 Å². The highest BCUT2D eigenvalue weighted by Crippen LogP contribution is 2.43. The first-order valence-corrected chi connectivity index (χ1v) is 6.72. The average molecular weight is 365 g/mol. The number of alkyl halides is 3. The smallest absolute Gasteiger partial charge is 0.416 e. The molecule has 1 unspecified atom stereocenters. The maximum absolute atomic E-state index is 12.8. The SMILES string of the molecule is O=C(O)N1CCCC1Oc1c([N+](=O)[O-])cc(C(F)(F)F)cc1[N+](=O)[O-]. The predicted molar refractivity (Wildman–Crippen MR) is 73.1 cm³/mol. The Balaban J connectivity index is 2.57. The molecule has 0 radical (unpaired) electrons. The first kappa shape index (κ1) is 18.2. The third-order valence-electron chi connectivity index (χ3n) is 3.47. The Hall–Kier alpha value is -3.12. The van der Waals surface area contributed by atoms with E-state index in [2.05, 4.69) is 0 Å². The lowest BCUT2D eigenvalue weighted by Gasteiger charge is -2.22. The van der Waals surface area contributed by atoms with E-state index in [1.54, 1.807) is 0 Å². The number of halogens is 3. The van der Waals surface area contributed by atoms with Gasteiger partial charge >= 0.3 is 23.6 Å². The van der Waals surface area contributed by atoms with E-state index in [0.717, 1.165) is 4.90 Å². The lowest BCUT2D eigenvalue weighted by molar-refractivity contribution is -0.396. The molecule has 1 aromatic carbocycles. The van der Waals surface area contributed by atoms with Crippen LogP contribution in [0.25, 0.3) is 0 Å². The second kappa shape index (κ2) is 6.41. The number of likely N-dealkylation sites (tertiary alicyclic amines) is 1. The highest BCUT2D eigenvalue weighted by atomic mass is 19.4. The Kier molecular flexibility index (Phi) is 4.67. The molecule has 0 bridgehead atoms. The number of nitro groups is 2. The van der Waals surface area contributed by atoms with E-state index >= 15 is 0 Å². The maximum Gasteiger partial charge on any atom is 0.416 e. The molecule has 25 heavy (non-hydrogen) atoms. The summed E-state index contributed by atoms with van der Waals surface area (Å²) < 4.78 is 43.5. The van der Waals surface area contributed by atoms with Crippen molar-refractivity contribution in [3.05, 3.63) is 37.9 Å². The van der Waals surface area contributed by atoms with Crippen LogP contribution >= 0.6 is 0 Å². The van der Waals surface area contributed by atoms with Crippen molar-refractivity contribution in [3.8, 4) is 5.75 Å². The van der Waals surface area contributed by atoms with E-state index in [1.807, 2.05) is 0 Å². The van der Waals surface area contributed by atoms with Crippen molar-refractivity contribution in [2.45, 2.75) is 25.2 Å². The van der Waals surface area contributed by atoms with Crippen LogP contribution in [0.5, 0.6) is 5.75 Å². The zero-order chi connectivity index (χ0) is 18.9. The highest BCUT2D eigenvalue weighted by Gasteiger charge is 2.40. The quantitative estimate of drug-likeness (QED) is 0.640. The van der Waals surface area contributed by atoms with E-state index in [0.29, 0.717) is 6.42 Å². The standard InChI is InChI=1S/C12H10F3N3O7/c13-12(14,15)6-4-7(17(21)22)10(8(5-6)18(23)24)25-9-2-1-3-16(9)11(19)20/h4-5,9H,1-3H2,(H,19,20). The van der Waals surface area contributed by atoms with E-state index < -0.39 is 51.0 Å². The third-order valence-corrected chi connectivity index (χ3v) is 3.47. The van der Waals surface area contributed by atoms with Crippen molar-refractivity contribution < 1.29 is 37.7 Å². The minimum Gasteiger partial charge on any atom is -0.465 e. The summed E-state index contributed by atoms with van der Waals surface area (Å²) >= 11 is 0. The van der Waals surface area contributed by atoms with Crippen molar-refractivity contribution >= 4 is 17.5 Å². The van der Waals surface area contributed by atoms with Gasteiger partial charge in [0.05, 0.1) is 15.4 Å². The van der Waals surface area contributed by atoms with Crippen molar-refractivity contribution in [2.24, 2.45) is 0 Å². The Morgan fingerprint density at radius 2 is 1.76 bits per heavy atom. The second-order valence-corrected chi connectivity index (χ2v) is 5.05. The summed E-state index contributed by atoms with van der Waals surface area (Å²) in [5.74, 6) is -1.01. The number of hydrogen-bond donors (Lipinski definition) is 1. The van der Waals surface area contributed by atoms with Crippen LogP contribution in [0.1, 0.15) is 18.4 Å². The van der Waals surface area contributed by atoms with Crippen molar-refractivity contribution in [3.63, 3.8) is 0 Å². The largest absolute Gasteiger partial charge is 0.465 e. The molecule has 1 atom stereocenters. The van der Waals surface area contributed by atoms with Gasteiger partial charge in [-0.05, 0) is 6.42 Å². The second-order valence-electron chi connectivity index (χ2n) is 5.05.